The SMILES string of the molecule is CCN(C(=O)OC(C)(C)C)C1Cc2nc(Br)sc2C1. The minimum atomic E-state index is -0.449. The highest BCUT2D eigenvalue weighted by Crippen LogP contribution is 2.33. The van der Waals surface area contributed by atoms with E-state index in [2.05, 4.69) is 20.9 Å². The molecule has 1 amide bonds. The normalized spacial score (nSPS) is 18.3. The average Bonchev–Trinajstić information content (AvgIpc) is 2.72. The number of nitrogens with zero attached hydrogens (tertiary/aromatic N) is 2. The lowest BCUT2D eigenvalue weighted by Crippen LogP contribution is -2.43. The minimum Gasteiger partial charge on any atom is -0.444 e. The summed E-state index contributed by atoms with van der Waals surface area (Å²) >= 11 is 5.06. The van der Waals surface area contributed by atoms with Gasteiger partial charge in [-0.05, 0) is 43.6 Å². The molecule has 1 aromatic rings. The van der Waals surface area contributed by atoms with E-state index in [9.17, 15) is 4.79 Å². The quantitative estimate of drug-likeness (QED) is 0.820. The minimum absolute atomic E-state index is 0.182. The lowest BCUT2D eigenvalue weighted by Gasteiger charge is -2.30. The first kappa shape index (κ1) is 14.8. The molecule has 1 aliphatic rings. The summed E-state index contributed by atoms with van der Waals surface area (Å²) in [6, 6.07) is 0.182. The molecule has 0 radical (unpaired) electrons. The number of carbonyl (C=O) groups is 1. The van der Waals surface area contributed by atoms with E-state index < -0.39 is 5.60 Å². The van der Waals surface area contributed by atoms with E-state index >= 15 is 0 Å². The molecular weight excluding hydrogens is 328 g/mol. The number of carbonyl (C=O) groups excluding carboxylic acids is 1. The molecule has 0 saturated heterocycles. The molecule has 0 fully saturated rings. The van der Waals surface area contributed by atoms with E-state index in [1.54, 1.807) is 11.3 Å². The second-order valence-electron chi connectivity index (χ2n) is 5.67. The highest BCUT2D eigenvalue weighted by molar-refractivity contribution is 9.11. The second kappa shape index (κ2) is 5.40. The Balaban J connectivity index is 2.04. The summed E-state index contributed by atoms with van der Waals surface area (Å²) < 4.78 is 6.39. The van der Waals surface area contributed by atoms with Crippen LogP contribution in [0, 0.1) is 0 Å². The van der Waals surface area contributed by atoms with E-state index in [4.69, 9.17) is 4.74 Å². The topological polar surface area (TPSA) is 42.4 Å². The Morgan fingerprint density at radius 3 is 2.74 bits per heavy atom. The van der Waals surface area contributed by atoms with Crippen LogP contribution < -0.4 is 0 Å². The van der Waals surface area contributed by atoms with Crippen LogP contribution >= 0.6 is 27.3 Å². The van der Waals surface area contributed by atoms with Gasteiger partial charge in [-0.25, -0.2) is 9.78 Å². The van der Waals surface area contributed by atoms with Gasteiger partial charge in [0.25, 0.3) is 0 Å². The fraction of sp³-hybridized carbons (Fsp3) is 0.692. The van der Waals surface area contributed by atoms with Crippen LogP contribution in [0.4, 0.5) is 4.79 Å². The molecule has 1 aromatic heterocycles. The van der Waals surface area contributed by atoms with E-state index in [0.29, 0.717) is 6.54 Å². The van der Waals surface area contributed by atoms with Gasteiger partial charge in [0.15, 0.2) is 3.92 Å². The number of hydrogen-bond acceptors (Lipinski definition) is 4. The van der Waals surface area contributed by atoms with Gasteiger partial charge in [-0.1, -0.05) is 0 Å². The van der Waals surface area contributed by atoms with Gasteiger partial charge in [0.05, 0.1) is 5.69 Å². The molecule has 0 spiro atoms. The standard InChI is InChI=1S/C13H19BrN2O2S/c1-5-16(12(17)18-13(2,3)4)8-6-9-10(7-8)19-11(14)15-9/h8H,5-7H2,1-4H3. The van der Waals surface area contributed by atoms with Gasteiger partial charge in [-0.2, -0.15) is 0 Å². The maximum atomic E-state index is 12.2. The number of amides is 1. The first-order valence-corrected chi connectivity index (χ1v) is 8.05. The number of thiazole rings is 1. The molecule has 6 heteroatoms. The van der Waals surface area contributed by atoms with Crippen LogP contribution in [0.15, 0.2) is 3.92 Å². The van der Waals surface area contributed by atoms with Gasteiger partial charge in [0, 0.05) is 30.3 Å². The van der Waals surface area contributed by atoms with Gasteiger partial charge >= 0.3 is 6.09 Å². The summed E-state index contributed by atoms with van der Waals surface area (Å²) in [5.41, 5.74) is 0.665. The number of ether oxygens (including phenoxy) is 1. The van der Waals surface area contributed by atoms with Crippen LogP contribution in [0.2, 0.25) is 0 Å². The third-order valence-corrected chi connectivity index (χ3v) is 4.58. The van der Waals surface area contributed by atoms with E-state index in [1.807, 2.05) is 32.6 Å². The van der Waals surface area contributed by atoms with Crippen LogP contribution in [-0.2, 0) is 17.6 Å². The molecule has 1 aliphatic carbocycles. The summed E-state index contributed by atoms with van der Waals surface area (Å²) in [6.45, 7) is 8.32. The van der Waals surface area contributed by atoms with Crippen molar-refractivity contribution in [2.75, 3.05) is 6.54 Å². The average molecular weight is 347 g/mol. The molecule has 0 aromatic carbocycles. The molecule has 0 bridgehead atoms. The number of rotatable bonds is 2. The molecule has 4 nitrogen and oxygen atoms in total. The number of halogens is 1. The third-order valence-electron chi connectivity index (χ3n) is 3.01. The molecule has 0 aliphatic heterocycles. The Kier molecular flexibility index (Phi) is 4.20. The van der Waals surface area contributed by atoms with E-state index in [0.717, 1.165) is 22.5 Å². The molecule has 106 valence electrons. The zero-order valence-corrected chi connectivity index (χ0v) is 14.1. The molecule has 2 rings (SSSR count). The highest BCUT2D eigenvalue weighted by atomic mass is 79.9. The highest BCUT2D eigenvalue weighted by Gasteiger charge is 2.33. The summed E-state index contributed by atoms with van der Waals surface area (Å²) in [5.74, 6) is 0. The molecule has 1 unspecified atom stereocenters. The zero-order chi connectivity index (χ0) is 14.2. The van der Waals surface area contributed by atoms with Crippen LogP contribution in [-0.4, -0.2) is 34.2 Å². The summed E-state index contributed by atoms with van der Waals surface area (Å²) in [5, 5.41) is 0. The van der Waals surface area contributed by atoms with E-state index in [1.165, 1.54) is 4.88 Å². The lowest BCUT2D eigenvalue weighted by atomic mass is 10.2. The van der Waals surface area contributed by atoms with Crippen molar-refractivity contribution in [3.05, 3.63) is 14.5 Å². The molecular formula is C13H19BrN2O2S. The summed E-state index contributed by atoms with van der Waals surface area (Å²) in [4.78, 5) is 19.7. The number of hydrogen-bond donors (Lipinski definition) is 0. The maximum Gasteiger partial charge on any atom is 0.410 e. The first-order valence-electron chi connectivity index (χ1n) is 6.44. The largest absolute Gasteiger partial charge is 0.444 e. The van der Waals surface area contributed by atoms with Crippen molar-refractivity contribution in [1.29, 1.82) is 0 Å². The van der Waals surface area contributed by atoms with Gasteiger partial charge < -0.3 is 9.64 Å². The predicted octanol–water partition coefficient (Wildman–Crippen LogP) is 3.63. The van der Waals surface area contributed by atoms with Crippen molar-refractivity contribution in [2.24, 2.45) is 0 Å². The smallest absolute Gasteiger partial charge is 0.410 e. The van der Waals surface area contributed by atoms with Crippen LogP contribution in [0.25, 0.3) is 0 Å². The van der Waals surface area contributed by atoms with Crippen LogP contribution in [0.5, 0.6) is 0 Å². The monoisotopic (exact) mass is 346 g/mol. The first-order chi connectivity index (χ1) is 8.80. The maximum absolute atomic E-state index is 12.2. The Morgan fingerprint density at radius 2 is 2.21 bits per heavy atom. The number of fused-ring (bicyclic) bond motifs is 1. The van der Waals surface area contributed by atoms with Gasteiger partial charge in [0.1, 0.15) is 5.60 Å². The zero-order valence-electron chi connectivity index (χ0n) is 11.7. The van der Waals surface area contributed by atoms with Gasteiger partial charge in [-0.3, -0.25) is 0 Å². The molecule has 1 atom stereocenters. The van der Waals surface area contributed by atoms with Crippen molar-refractivity contribution in [3.8, 4) is 0 Å². The Labute approximate surface area is 126 Å². The second-order valence-corrected chi connectivity index (χ2v) is 8.02. The van der Waals surface area contributed by atoms with Crippen LogP contribution in [0.3, 0.4) is 0 Å². The lowest BCUT2D eigenvalue weighted by molar-refractivity contribution is 0.0181. The molecule has 1 heterocycles. The van der Waals surface area contributed by atoms with Crippen molar-refractivity contribution in [3.63, 3.8) is 0 Å². The molecule has 0 N–H and O–H groups in total. The third kappa shape index (κ3) is 3.48. The number of likely N-dealkylation sites (N-methyl/N-ethyl adjacent to an activating group) is 1. The fourth-order valence-electron chi connectivity index (χ4n) is 2.26. The fourth-order valence-corrected chi connectivity index (χ4v) is 3.94. The van der Waals surface area contributed by atoms with Crippen LogP contribution in [0.1, 0.15) is 38.3 Å². The predicted molar refractivity (Wildman–Crippen MR) is 79.6 cm³/mol. The van der Waals surface area contributed by atoms with E-state index in [-0.39, 0.29) is 12.1 Å². The summed E-state index contributed by atoms with van der Waals surface area (Å²) in [6.07, 6.45) is 1.48. The van der Waals surface area contributed by atoms with Crippen molar-refractivity contribution < 1.29 is 9.53 Å². The Hall–Kier alpha value is -0.620. The number of aromatic nitrogens is 1. The Bertz CT molecular complexity index is 458. The summed E-state index contributed by atoms with van der Waals surface area (Å²) in [7, 11) is 0. The van der Waals surface area contributed by atoms with Gasteiger partial charge in [-0.15, -0.1) is 11.3 Å². The Morgan fingerprint density at radius 1 is 1.53 bits per heavy atom. The van der Waals surface area contributed by atoms with Crippen molar-refractivity contribution in [2.45, 2.75) is 52.2 Å². The van der Waals surface area contributed by atoms with Gasteiger partial charge in [0.2, 0.25) is 0 Å². The van der Waals surface area contributed by atoms with Crippen molar-refractivity contribution >= 4 is 33.4 Å². The molecule has 19 heavy (non-hydrogen) atoms. The van der Waals surface area contributed by atoms with Crippen molar-refractivity contribution in [1.82, 2.24) is 9.88 Å². The molecule has 0 saturated carbocycles.